The molecule has 1 aromatic carbocycles. The van der Waals surface area contributed by atoms with Gasteiger partial charge in [0.15, 0.2) is 5.82 Å². The Kier molecular flexibility index (Phi) is 3.99. The second-order valence-electron chi connectivity index (χ2n) is 5.94. The van der Waals surface area contributed by atoms with Gasteiger partial charge in [0.05, 0.1) is 10.6 Å². The number of hydrogen-bond acceptors (Lipinski definition) is 4. The molecule has 3 aromatic rings. The SMILES string of the molecule is CC(C)(c1ccc[nH]1)c1ccc(N=Nc2ccc([N+](=O)[O-])cc2)[nH]1. The first-order valence-corrected chi connectivity index (χ1v) is 7.46. The Labute approximate surface area is 138 Å². The zero-order chi connectivity index (χ0) is 17.2. The van der Waals surface area contributed by atoms with Crippen molar-refractivity contribution < 1.29 is 4.92 Å². The van der Waals surface area contributed by atoms with Crippen molar-refractivity contribution in [2.24, 2.45) is 10.2 Å². The highest BCUT2D eigenvalue weighted by Crippen LogP contribution is 2.31. The maximum atomic E-state index is 10.6. The van der Waals surface area contributed by atoms with Crippen LogP contribution < -0.4 is 0 Å². The Morgan fingerprint density at radius 3 is 2.38 bits per heavy atom. The van der Waals surface area contributed by atoms with Crippen molar-refractivity contribution in [3.8, 4) is 0 Å². The second-order valence-corrected chi connectivity index (χ2v) is 5.94. The molecular weight excluding hydrogens is 306 g/mol. The molecule has 0 spiro atoms. The number of benzene rings is 1. The minimum absolute atomic E-state index is 0.0313. The maximum absolute atomic E-state index is 10.6. The lowest BCUT2D eigenvalue weighted by Crippen LogP contribution is -2.19. The quantitative estimate of drug-likeness (QED) is 0.392. The Hall–Kier alpha value is -3.22. The lowest BCUT2D eigenvalue weighted by molar-refractivity contribution is -0.384. The molecule has 0 bridgehead atoms. The standard InChI is InChI=1S/C17H17N5O2/c1-17(2,14-4-3-11-18-14)15-9-10-16(19-15)21-20-12-5-7-13(8-6-12)22(23)24/h3-11,18-19H,1-2H3. The average Bonchev–Trinajstić information content (AvgIpc) is 3.25. The van der Waals surface area contributed by atoms with Gasteiger partial charge >= 0.3 is 0 Å². The van der Waals surface area contributed by atoms with E-state index in [9.17, 15) is 10.1 Å². The number of rotatable bonds is 5. The van der Waals surface area contributed by atoms with Crippen LogP contribution in [0.25, 0.3) is 0 Å². The van der Waals surface area contributed by atoms with E-state index in [-0.39, 0.29) is 11.1 Å². The van der Waals surface area contributed by atoms with Crippen molar-refractivity contribution in [2.45, 2.75) is 19.3 Å². The molecule has 2 heterocycles. The van der Waals surface area contributed by atoms with Gasteiger partial charge in [-0.2, -0.15) is 0 Å². The van der Waals surface area contributed by atoms with E-state index >= 15 is 0 Å². The molecule has 0 amide bonds. The van der Waals surface area contributed by atoms with Crippen LogP contribution in [0.15, 0.2) is 65.0 Å². The van der Waals surface area contributed by atoms with Crippen LogP contribution in [0.5, 0.6) is 0 Å². The van der Waals surface area contributed by atoms with Crippen molar-refractivity contribution in [3.05, 3.63) is 76.2 Å². The molecule has 0 fully saturated rings. The summed E-state index contributed by atoms with van der Waals surface area (Å²) in [6, 6.07) is 13.8. The third-order valence-electron chi connectivity index (χ3n) is 3.95. The summed E-state index contributed by atoms with van der Waals surface area (Å²) in [5.74, 6) is 0.628. The summed E-state index contributed by atoms with van der Waals surface area (Å²) in [6.07, 6.45) is 1.90. The highest BCUT2D eigenvalue weighted by molar-refractivity contribution is 5.44. The Balaban J connectivity index is 1.77. The molecule has 24 heavy (non-hydrogen) atoms. The number of nitrogens with one attached hydrogen (secondary N) is 2. The van der Waals surface area contributed by atoms with Crippen LogP contribution in [0.4, 0.5) is 17.2 Å². The van der Waals surface area contributed by atoms with Crippen LogP contribution in [-0.2, 0) is 5.41 Å². The van der Waals surface area contributed by atoms with E-state index in [1.54, 1.807) is 12.1 Å². The second kappa shape index (κ2) is 6.11. The van der Waals surface area contributed by atoms with Crippen LogP contribution in [0.3, 0.4) is 0 Å². The third-order valence-corrected chi connectivity index (χ3v) is 3.95. The number of azo groups is 1. The smallest absolute Gasteiger partial charge is 0.269 e. The van der Waals surface area contributed by atoms with Crippen molar-refractivity contribution in [2.75, 3.05) is 0 Å². The zero-order valence-electron chi connectivity index (χ0n) is 13.4. The van der Waals surface area contributed by atoms with Crippen LogP contribution in [0.1, 0.15) is 25.2 Å². The number of nitrogens with zero attached hydrogens (tertiary/aromatic N) is 3. The first kappa shape index (κ1) is 15.7. The predicted octanol–water partition coefficient (Wildman–Crippen LogP) is 4.99. The molecule has 0 atom stereocenters. The van der Waals surface area contributed by atoms with Gasteiger partial charge in [0.1, 0.15) is 0 Å². The van der Waals surface area contributed by atoms with Crippen molar-refractivity contribution in [1.29, 1.82) is 0 Å². The van der Waals surface area contributed by atoms with Gasteiger partial charge in [0.25, 0.3) is 5.69 Å². The highest BCUT2D eigenvalue weighted by atomic mass is 16.6. The Bertz CT molecular complexity index is 861. The van der Waals surface area contributed by atoms with Gasteiger partial charge < -0.3 is 9.97 Å². The summed E-state index contributed by atoms with van der Waals surface area (Å²) in [6.45, 7) is 4.23. The van der Waals surface area contributed by atoms with Crippen LogP contribution in [-0.4, -0.2) is 14.9 Å². The zero-order valence-corrected chi connectivity index (χ0v) is 13.4. The predicted molar refractivity (Wildman–Crippen MR) is 91.0 cm³/mol. The number of aromatic amines is 2. The van der Waals surface area contributed by atoms with Crippen LogP contribution in [0.2, 0.25) is 0 Å². The molecule has 7 heteroatoms. The Morgan fingerprint density at radius 1 is 1.00 bits per heavy atom. The molecular formula is C17H17N5O2. The first-order chi connectivity index (χ1) is 11.5. The minimum Gasteiger partial charge on any atom is -0.364 e. The average molecular weight is 323 g/mol. The summed E-state index contributed by atoms with van der Waals surface area (Å²) in [7, 11) is 0. The fraction of sp³-hybridized carbons (Fsp3) is 0.176. The van der Waals surface area contributed by atoms with E-state index in [4.69, 9.17) is 0 Å². The van der Waals surface area contributed by atoms with E-state index in [0.717, 1.165) is 11.4 Å². The maximum Gasteiger partial charge on any atom is 0.269 e. The van der Waals surface area contributed by atoms with Crippen molar-refractivity contribution >= 4 is 17.2 Å². The number of H-pyrrole nitrogens is 2. The molecule has 122 valence electrons. The summed E-state index contributed by atoms with van der Waals surface area (Å²) >= 11 is 0. The van der Waals surface area contributed by atoms with E-state index in [1.165, 1.54) is 12.1 Å². The van der Waals surface area contributed by atoms with Gasteiger partial charge in [-0.15, -0.1) is 10.2 Å². The van der Waals surface area contributed by atoms with E-state index < -0.39 is 4.92 Å². The van der Waals surface area contributed by atoms with E-state index in [0.29, 0.717) is 11.5 Å². The van der Waals surface area contributed by atoms with E-state index in [1.807, 2.05) is 30.5 Å². The molecule has 3 rings (SSSR count). The third kappa shape index (κ3) is 3.10. The molecule has 7 nitrogen and oxygen atoms in total. The largest absolute Gasteiger partial charge is 0.364 e. The molecule has 2 N–H and O–H groups in total. The topological polar surface area (TPSA) is 99.4 Å². The molecule has 0 saturated carbocycles. The van der Waals surface area contributed by atoms with Crippen molar-refractivity contribution in [3.63, 3.8) is 0 Å². The number of aromatic nitrogens is 2. The van der Waals surface area contributed by atoms with Crippen molar-refractivity contribution in [1.82, 2.24) is 9.97 Å². The molecule has 0 aliphatic rings. The number of nitro benzene ring substituents is 1. The lowest BCUT2D eigenvalue weighted by atomic mass is 9.86. The van der Waals surface area contributed by atoms with Gasteiger partial charge in [0, 0.05) is 35.1 Å². The minimum atomic E-state index is -0.444. The molecule has 0 radical (unpaired) electrons. The summed E-state index contributed by atoms with van der Waals surface area (Å²) in [4.78, 5) is 16.7. The number of non-ortho nitro benzene ring substituents is 1. The molecule has 0 unspecified atom stereocenters. The summed E-state index contributed by atoms with van der Waals surface area (Å²) in [5, 5.41) is 18.9. The fourth-order valence-electron chi connectivity index (χ4n) is 2.42. The first-order valence-electron chi connectivity index (χ1n) is 7.46. The molecule has 0 saturated heterocycles. The normalized spacial score (nSPS) is 11.9. The van der Waals surface area contributed by atoms with Crippen LogP contribution in [0, 0.1) is 10.1 Å². The summed E-state index contributed by atoms with van der Waals surface area (Å²) in [5.41, 5.74) is 2.50. The van der Waals surface area contributed by atoms with Gasteiger partial charge in [-0.1, -0.05) is 0 Å². The number of hydrogen-bond donors (Lipinski definition) is 2. The lowest BCUT2D eigenvalue weighted by Gasteiger charge is -2.22. The Morgan fingerprint density at radius 2 is 1.75 bits per heavy atom. The van der Waals surface area contributed by atoms with Gasteiger partial charge in [-0.05, 0) is 50.2 Å². The molecule has 2 aromatic heterocycles. The van der Waals surface area contributed by atoms with E-state index in [2.05, 4.69) is 34.0 Å². The fourth-order valence-corrected chi connectivity index (χ4v) is 2.42. The van der Waals surface area contributed by atoms with Gasteiger partial charge in [-0.3, -0.25) is 10.1 Å². The van der Waals surface area contributed by atoms with Gasteiger partial charge in [-0.25, -0.2) is 0 Å². The number of nitro groups is 1. The monoisotopic (exact) mass is 323 g/mol. The molecule has 0 aliphatic carbocycles. The van der Waals surface area contributed by atoms with Gasteiger partial charge in [0.2, 0.25) is 0 Å². The van der Waals surface area contributed by atoms with Crippen LogP contribution >= 0.6 is 0 Å². The highest BCUT2D eigenvalue weighted by Gasteiger charge is 2.25. The summed E-state index contributed by atoms with van der Waals surface area (Å²) < 4.78 is 0. The molecule has 0 aliphatic heterocycles.